The van der Waals surface area contributed by atoms with E-state index in [1.165, 1.54) is 99.7 Å². The van der Waals surface area contributed by atoms with Gasteiger partial charge in [0.05, 0.1) is 0 Å². The Bertz CT molecular complexity index is 1970. The van der Waals surface area contributed by atoms with Crippen LogP contribution in [0.5, 0.6) is 0 Å². The maximum Gasteiger partial charge on any atom is -1.00 e. The summed E-state index contributed by atoms with van der Waals surface area (Å²) in [6.45, 7) is 23.8. The number of rotatable bonds is 4. The molecular weight excluding hydrogens is 703 g/mol. The van der Waals surface area contributed by atoms with Crippen LogP contribution in [-0.2, 0) is 35.5 Å². The van der Waals surface area contributed by atoms with Gasteiger partial charge >= 0.3 is 295 Å². The first kappa shape index (κ1) is 38.4. The van der Waals surface area contributed by atoms with Crippen LogP contribution >= 0.6 is 0 Å². The van der Waals surface area contributed by atoms with Crippen molar-refractivity contribution in [3.63, 3.8) is 0 Å². The van der Waals surface area contributed by atoms with Crippen LogP contribution in [0.2, 0.25) is 0 Å². The molecule has 0 heterocycles. The average molecular weight is 752 g/mol. The Labute approximate surface area is 317 Å². The molecule has 2 aliphatic carbocycles. The molecule has 0 radical (unpaired) electrons. The van der Waals surface area contributed by atoms with E-state index in [1.54, 1.807) is 0 Å². The minimum absolute atomic E-state index is 0. The summed E-state index contributed by atoms with van der Waals surface area (Å²) < 4.78 is 1.50. The van der Waals surface area contributed by atoms with Crippen LogP contribution in [0.25, 0.3) is 25.6 Å². The summed E-state index contributed by atoms with van der Waals surface area (Å²) in [4.78, 5) is 0. The number of hydrogen-bond acceptors (Lipinski definition) is 0. The fourth-order valence-electron chi connectivity index (χ4n) is 7.50. The summed E-state index contributed by atoms with van der Waals surface area (Å²) in [6, 6.07) is 32.0. The van der Waals surface area contributed by atoms with Crippen molar-refractivity contribution in [1.82, 2.24) is 0 Å². The van der Waals surface area contributed by atoms with Crippen LogP contribution in [0, 0.1) is 11.3 Å². The van der Waals surface area contributed by atoms with E-state index in [2.05, 4.69) is 166 Å². The second kappa shape index (κ2) is 14.1. The van der Waals surface area contributed by atoms with E-state index in [1.807, 2.05) is 0 Å². The molecule has 0 nitrogen and oxygen atoms in total. The van der Waals surface area contributed by atoms with E-state index in [0.717, 1.165) is 6.42 Å². The minimum Gasteiger partial charge on any atom is -1.00 e. The summed E-state index contributed by atoms with van der Waals surface area (Å²) in [6.07, 6.45) is 6.18. The summed E-state index contributed by atoms with van der Waals surface area (Å²) in [5, 5.41) is 2.83. The Morgan fingerprint density at radius 3 is 1.71 bits per heavy atom. The Morgan fingerprint density at radius 2 is 1.23 bits per heavy atom. The molecule has 3 heteroatoms. The van der Waals surface area contributed by atoms with Crippen LogP contribution in [0.3, 0.4) is 0 Å². The molecule has 0 amide bonds. The largest absolute Gasteiger partial charge is 1.00 e. The van der Waals surface area contributed by atoms with Gasteiger partial charge in [0.25, 0.3) is 0 Å². The molecule has 0 aliphatic heterocycles. The number of halogens is 2. The van der Waals surface area contributed by atoms with Gasteiger partial charge in [-0.25, -0.2) is 0 Å². The molecule has 0 spiro atoms. The number of allylic oxidation sites excluding steroid dienone is 4. The van der Waals surface area contributed by atoms with Gasteiger partial charge < -0.3 is 24.8 Å². The molecule has 0 fully saturated rings. The molecule has 0 N–H and O–H groups in total. The standard InChI is InChI=1S/C45H49.2ClH.Zr/c1-11-29-24-37(39(25-29)44(5,6)7)41-36-27-32-26-33(43(2,3)4)22-23-34(32)35(36)28-38(42(41)45(8,9)10)40(30-18-14-12-15-19-30)31-20-16-13-17-21-31;;;/h12-26,28,39H,11H2,1-10H3;2*1H;/q;;;+2/p-2. The third-order valence-corrected chi connectivity index (χ3v) is 11.1. The zero-order valence-corrected chi connectivity index (χ0v) is 34.2. The molecule has 0 saturated heterocycles. The number of hydrogen-bond donors (Lipinski definition) is 0. The molecule has 0 bridgehead atoms. The fraction of sp³-hybridized carbons (Fsp3) is 0.333. The fourth-order valence-corrected chi connectivity index (χ4v) is 8.65. The summed E-state index contributed by atoms with van der Waals surface area (Å²) in [7, 11) is 0. The van der Waals surface area contributed by atoms with Crippen LogP contribution in [0.1, 0.15) is 109 Å². The van der Waals surface area contributed by atoms with Crippen molar-refractivity contribution in [3.05, 3.63) is 146 Å². The van der Waals surface area contributed by atoms with E-state index in [9.17, 15) is 0 Å². The third kappa shape index (κ3) is 6.95. The first-order valence-electron chi connectivity index (χ1n) is 17.0. The molecule has 48 heavy (non-hydrogen) atoms. The average Bonchev–Trinajstić information content (AvgIpc) is 3.56. The molecule has 247 valence electrons. The van der Waals surface area contributed by atoms with Gasteiger partial charge in [0.2, 0.25) is 0 Å². The van der Waals surface area contributed by atoms with Crippen molar-refractivity contribution in [2.75, 3.05) is 0 Å². The maximum absolute atomic E-state index is 2.57. The van der Waals surface area contributed by atoms with E-state index < -0.39 is 0 Å². The maximum atomic E-state index is 2.57. The molecular formula is C45H49Cl2Zr. The molecule has 1 atom stereocenters. The smallest absolute Gasteiger partial charge is 1.00 e. The zero-order chi connectivity index (χ0) is 33.2. The van der Waals surface area contributed by atoms with Crippen molar-refractivity contribution in [2.24, 2.45) is 11.3 Å². The molecule has 1 unspecified atom stereocenters. The van der Waals surface area contributed by atoms with E-state index >= 15 is 0 Å². The van der Waals surface area contributed by atoms with Crippen molar-refractivity contribution in [2.45, 2.75) is 86.5 Å². The third-order valence-electron chi connectivity index (χ3n) is 9.85. The summed E-state index contributed by atoms with van der Waals surface area (Å²) >= 11 is 1.47. The van der Waals surface area contributed by atoms with Crippen LogP contribution in [0.15, 0.2) is 103 Å². The summed E-state index contributed by atoms with van der Waals surface area (Å²) in [5.74, 6) is 0.345. The number of fused-ring (bicyclic) bond motifs is 3. The first-order chi connectivity index (χ1) is 21.6. The quantitative estimate of drug-likeness (QED) is 0.286. The van der Waals surface area contributed by atoms with Gasteiger partial charge in [0.1, 0.15) is 0 Å². The Hall–Kier alpha value is -2.44. The number of benzene rings is 4. The topological polar surface area (TPSA) is 0 Å². The van der Waals surface area contributed by atoms with Gasteiger partial charge in [-0.1, -0.05) is 0 Å². The SMILES string of the molecule is CCC1=CC(C(C)(C)C)C(c2c(C(C)(C)C)c(=C(c3ccccc3)c3ccccc3)cc3c2=[C]([Zr+2])c2cc(C(C)(C)C)ccc2-3)=C1.[Cl-].[Cl-]. The normalized spacial score (nSPS) is 15.6. The van der Waals surface area contributed by atoms with Gasteiger partial charge in [-0.3, -0.25) is 0 Å². The molecule has 0 aromatic heterocycles. The second-order valence-electron chi connectivity index (χ2n) is 16.4. The summed E-state index contributed by atoms with van der Waals surface area (Å²) in [5.41, 5.74) is 15.4. The van der Waals surface area contributed by atoms with Crippen molar-refractivity contribution < 1.29 is 49.5 Å². The van der Waals surface area contributed by atoms with E-state index in [-0.39, 0.29) is 41.1 Å². The van der Waals surface area contributed by atoms with Crippen LogP contribution < -0.4 is 35.3 Å². The molecule has 4 aromatic rings. The van der Waals surface area contributed by atoms with Crippen molar-refractivity contribution >= 4 is 14.4 Å². The van der Waals surface area contributed by atoms with E-state index in [4.69, 9.17) is 0 Å². The van der Waals surface area contributed by atoms with Crippen LogP contribution in [-0.4, -0.2) is 0 Å². The molecule has 4 aromatic carbocycles. The predicted octanol–water partition coefficient (Wildman–Crippen LogP) is 4.62. The first-order valence-corrected chi connectivity index (χ1v) is 18.2. The van der Waals surface area contributed by atoms with E-state index in [0.29, 0.717) is 5.92 Å². The predicted molar refractivity (Wildman–Crippen MR) is 195 cm³/mol. The Kier molecular flexibility index (Phi) is 11.2. The van der Waals surface area contributed by atoms with Gasteiger partial charge in [-0.05, 0) is 0 Å². The molecule has 0 saturated carbocycles. The zero-order valence-electron chi connectivity index (χ0n) is 30.3. The minimum atomic E-state index is -0.103. The van der Waals surface area contributed by atoms with Gasteiger partial charge in [0.15, 0.2) is 0 Å². The Balaban J connectivity index is 0.00000260. The van der Waals surface area contributed by atoms with Crippen molar-refractivity contribution in [1.29, 1.82) is 0 Å². The van der Waals surface area contributed by atoms with Gasteiger partial charge in [-0.2, -0.15) is 0 Å². The molecule has 2 aliphatic rings. The van der Waals surface area contributed by atoms with Crippen LogP contribution in [0.4, 0.5) is 0 Å². The van der Waals surface area contributed by atoms with Gasteiger partial charge in [0, 0.05) is 0 Å². The Morgan fingerprint density at radius 1 is 0.667 bits per heavy atom. The second-order valence-corrected chi connectivity index (χ2v) is 17.6. The van der Waals surface area contributed by atoms with Gasteiger partial charge in [-0.15, -0.1) is 0 Å². The van der Waals surface area contributed by atoms with Crippen molar-refractivity contribution in [3.8, 4) is 11.1 Å². The monoisotopic (exact) mass is 749 g/mol. The molecule has 6 rings (SSSR count).